The summed E-state index contributed by atoms with van der Waals surface area (Å²) in [5.41, 5.74) is 0.930. The first-order valence-electron chi connectivity index (χ1n) is 4.88. The number of hydrogen-bond acceptors (Lipinski definition) is 2. The average molecular weight is 283 g/mol. The van der Waals surface area contributed by atoms with Crippen LogP contribution in [0.5, 0.6) is 0 Å². The van der Waals surface area contributed by atoms with Crippen molar-refractivity contribution in [1.29, 1.82) is 0 Å². The van der Waals surface area contributed by atoms with Crippen LogP contribution in [0.1, 0.15) is 5.56 Å². The van der Waals surface area contributed by atoms with E-state index in [2.05, 4.69) is 15.9 Å². The number of likely N-dealkylation sites (N-methyl/N-ethyl adjacent to an activating group) is 1. The fourth-order valence-corrected chi connectivity index (χ4v) is 2.03. The van der Waals surface area contributed by atoms with Gasteiger partial charge in [0.2, 0.25) is 0 Å². The molecule has 0 radical (unpaired) electrons. The topological polar surface area (TPSA) is 40.6 Å². The summed E-state index contributed by atoms with van der Waals surface area (Å²) in [5.74, 6) is -0.150. The van der Waals surface area contributed by atoms with E-state index in [1.54, 1.807) is 7.05 Å². The molecular formula is C11H11BrN2O2. The van der Waals surface area contributed by atoms with Crippen molar-refractivity contribution in [3.8, 4) is 0 Å². The molecule has 1 aromatic carbocycles. The minimum absolute atomic E-state index is 0.150. The maximum absolute atomic E-state index is 11.6. The molecule has 84 valence electrons. The molecule has 0 unspecified atom stereocenters. The lowest BCUT2D eigenvalue weighted by Gasteiger charge is -2.14. The van der Waals surface area contributed by atoms with E-state index in [0.717, 1.165) is 10.0 Å². The highest BCUT2D eigenvalue weighted by Crippen LogP contribution is 2.20. The summed E-state index contributed by atoms with van der Waals surface area (Å²) >= 11 is 3.40. The number of benzene rings is 1. The smallest absolute Gasteiger partial charge is 0.318 e. The summed E-state index contributed by atoms with van der Waals surface area (Å²) in [6.45, 7) is 0.493. The van der Waals surface area contributed by atoms with Crippen LogP contribution in [0.2, 0.25) is 0 Å². The second kappa shape index (κ2) is 4.25. The Labute approximate surface area is 102 Å². The monoisotopic (exact) mass is 282 g/mol. The van der Waals surface area contributed by atoms with Crippen molar-refractivity contribution in [1.82, 2.24) is 9.80 Å². The van der Waals surface area contributed by atoms with Crippen LogP contribution in [-0.4, -0.2) is 35.3 Å². The van der Waals surface area contributed by atoms with Crippen LogP contribution in [-0.2, 0) is 11.3 Å². The zero-order valence-corrected chi connectivity index (χ0v) is 10.4. The normalized spacial score (nSPS) is 16.1. The highest BCUT2D eigenvalue weighted by Gasteiger charge is 2.33. The summed E-state index contributed by atoms with van der Waals surface area (Å²) < 4.78 is 0.908. The molecular weight excluding hydrogens is 272 g/mol. The zero-order chi connectivity index (χ0) is 11.7. The Bertz CT molecular complexity index is 447. The van der Waals surface area contributed by atoms with Crippen molar-refractivity contribution in [2.75, 3.05) is 13.6 Å². The molecule has 0 atom stereocenters. The van der Waals surface area contributed by atoms with Gasteiger partial charge in [0.25, 0.3) is 5.91 Å². The highest BCUT2D eigenvalue weighted by atomic mass is 79.9. The lowest BCUT2D eigenvalue weighted by Crippen LogP contribution is -2.31. The molecule has 0 aliphatic carbocycles. The van der Waals surface area contributed by atoms with E-state index in [-0.39, 0.29) is 18.5 Å². The van der Waals surface area contributed by atoms with E-state index in [9.17, 15) is 9.59 Å². The Hall–Kier alpha value is -1.36. The van der Waals surface area contributed by atoms with E-state index >= 15 is 0 Å². The third-order valence-corrected chi connectivity index (χ3v) is 3.29. The number of rotatable bonds is 2. The Kier molecular flexibility index (Phi) is 2.96. The van der Waals surface area contributed by atoms with Gasteiger partial charge in [-0.1, -0.05) is 34.1 Å². The van der Waals surface area contributed by atoms with Crippen molar-refractivity contribution in [3.63, 3.8) is 0 Å². The molecule has 1 aromatic rings. The summed E-state index contributed by atoms with van der Waals surface area (Å²) in [6, 6.07) is 7.33. The second-order valence-corrected chi connectivity index (χ2v) is 4.56. The molecule has 1 heterocycles. The highest BCUT2D eigenvalue weighted by molar-refractivity contribution is 9.10. The van der Waals surface area contributed by atoms with Gasteiger partial charge < -0.3 is 4.90 Å². The number of nitrogens with zero attached hydrogens (tertiary/aromatic N) is 2. The fraction of sp³-hybridized carbons (Fsp3) is 0.273. The standard InChI is InChI=1S/C11H11BrN2O2/c1-13-7-10(15)14(11(13)16)6-8-4-2-3-5-9(8)12/h2-5H,6-7H2,1H3. The average Bonchev–Trinajstić information content (AvgIpc) is 2.48. The molecule has 3 amide bonds. The van der Waals surface area contributed by atoms with E-state index in [0.29, 0.717) is 6.54 Å². The van der Waals surface area contributed by atoms with Crippen molar-refractivity contribution in [2.45, 2.75) is 6.54 Å². The summed E-state index contributed by atoms with van der Waals surface area (Å²) in [7, 11) is 1.63. The van der Waals surface area contributed by atoms with Gasteiger partial charge in [0.15, 0.2) is 0 Å². The predicted octanol–water partition coefficient (Wildman–Crippen LogP) is 1.84. The van der Waals surface area contributed by atoms with Crippen LogP contribution >= 0.6 is 15.9 Å². The number of carbonyl (C=O) groups excluding carboxylic acids is 2. The van der Waals surface area contributed by atoms with Crippen LogP contribution in [0.25, 0.3) is 0 Å². The third kappa shape index (κ3) is 1.95. The maximum Gasteiger partial charge on any atom is 0.327 e. The van der Waals surface area contributed by atoms with Gasteiger partial charge in [-0.2, -0.15) is 0 Å². The molecule has 0 N–H and O–H groups in total. The van der Waals surface area contributed by atoms with Gasteiger partial charge in [-0.15, -0.1) is 0 Å². The molecule has 0 spiro atoms. The number of amides is 3. The number of halogens is 1. The summed E-state index contributed by atoms with van der Waals surface area (Å²) in [4.78, 5) is 25.9. The van der Waals surface area contributed by atoms with Crippen molar-refractivity contribution in [2.24, 2.45) is 0 Å². The second-order valence-electron chi connectivity index (χ2n) is 3.71. The van der Waals surface area contributed by atoms with Crippen LogP contribution in [0, 0.1) is 0 Å². The van der Waals surface area contributed by atoms with Crippen molar-refractivity contribution < 1.29 is 9.59 Å². The van der Waals surface area contributed by atoms with Gasteiger partial charge >= 0.3 is 6.03 Å². The van der Waals surface area contributed by atoms with Crippen LogP contribution < -0.4 is 0 Å². The molecule has 16 heavy (non-hydrogen) atoms. The van der Waals surface area contributed by atoms with Gasteiger partial charge in [0, 0.05) is 11.5 Å². The fourth-order valence-electron chi connectivity index (χ4n) is 1.62. The van der Waals surface area contributed by atoms with E-state index < -0.39 is 0 Å². The molecule has 5 heteroatoms. The first kappa shape index (κ1) is 11.1. The molecule has 1 fully saturated rings. The van der Waals surface area contributed by atoms with Crippen molar-refractivity contribution >= 4 is 27.9 Å². The first-order chi connectivity index (χ1) is 7.59. The predicted molar refractivity (Wildman–Crippen MR) is 62.7 cm³/mol. The quantitative estimate of drug-likeness (QED) is 0.777. The Balaban J connectivity index is 2.20. The molecule has 1 aliphatic heterocycles. The number of carbonyl (C=O) groups is 2. The Morgan fingerprint density at radius 3 is 2.56 bits per heavy atom. The van der Waals surface area contributed by atoms with Gasteiger partial charge in [-0.05, 0) is 11.6 Å². The molecule has 1 saturated heterocycles. The minimum atomic E-state index is -0.235. The van der Waals surface area contributed by atoms with Crippen LogP contribution in [0.3, 0.4) is 0 Å². The summed E-state index contributed by atoms with van der Waals surface area (Å²) in [6.07, 6.45) is 0. The molecule has 0 bridgehead atoms. The summed E-state index contributed by atoms with van der Waals surface area (Å²) in [5, 5.41) is 0. The lowest BCUT2D eigenvalue weighted by atomic mass is 10.2. The van der Waals surface area contributed by atoms with E-state index in [1.807, 2.05) is 24.3 Å². The van der Waals surface area contributed by atoms with Crippen LogP contribution in [0.4, 0.5) is 4.79 Å². The van der Waals surface area contributed by atoms with E-state index in [4.69, 9.17) is 0 Å². The number of imide groups is 1. The molecule has 0 saturated carbocycles. The Morgan fingerprint density at radius 1 is 1.31 bits per heavy atom. The molecule has 4 nitrogen and oxygen atoms in total. The number of urea groups is 1. The largest absolute Gasteiger partial charge is 0.327 e. The molecule has 0 aromatic heterocycles. The SMILES string of the molecule is CN1CC(=O)N(Cc2ccccc2Br)C1=O. The van der Waals surface area contributed by atoms with E-state index in [1.165, 1.54) is 9.80 Å². The van der Waals surface area contributed by atoms with Crippen molar-refractivity contribution in [3.05, 3.63) is 34.3 Å². The lowest BCUT2D eigenvalue weighted by molar-refractivity contribution is -0.125. The van der Waals surface area contributed by atoms with Gasteiger partial charge in [-0.25, -0.2) is 4.79 Å². The van der Waals surface area contributed by atoms with Gasteiger partial charge in [-0.3, -0.25) is 9.69 Å². The third-order valence-electron chi connectivity index (χ3n) is 2.52. The number of hydrogen-bond donors (Lipinski definition) is 0. The van der Waals surface area contributed by atoms with Gasteiger partial charge in [0.1, 0.15) is 6.54 Å². The zero-order valence-electron chi connectivity index (χ0n) is 8.81. The minimum Gasteiger partial charge on any atom is -0.318 e. The molecule has 2 rings (SSSR count). The Morgan fingerprint density at radius 2 is 2.00 bits per heavy atom. The molecule has 1 aliphatic rings. The maximum atomic E-state index is 11.6. The van der Waals surface area contributed by atoms with Crippen LogP contribution in [0.15, 0.2) is 28.7 Å². The first-order valence-corrected chi connectivity index (χ1v) is 5.68. The van der Waals surface area contributed by atoms with Gasteiger partial charge in [0.05, 0.1) is 6.54 Å².